The number of benzene rings is 1. The van der Waals surface area contributed by atoms with Crippen molar-refractivity contribution in [2.45, 2.75) is 37.8 Å². The molecule has 2 saturated heterocycles. The number of hydrogen-bond acceptors (Lipinski definition) is 1. The molecule has 28 heavy (non-hydrogen) atoms. The van der Waals surface area contributed by atoms with Crippen LogP contribution in [0.1, 0.15) is 30.9 Å². The van der Waals surface area contributed by atoms with Gasteiger partial charge in [-0.25, -0.2) is 0 Å². The molecule has 5 rings (SSSR count). The average Bonchev–Trinajstić information content (AvgIpc) is 2.70. The van der Waals surface area contributed by atoms with Crippen molar-refractivity contribution >= 4 is 11.6 Å². The van der Waals surface area contributed by atoms with E-state index in [0.29, 0.717) is 11.8 Å². The maximum atomic E-state index is 12.7. The number of pyridine rings is 1. The minimum absolute atomic E-state index is 0.161. The smallest absolute Gasteiger partial charge is 0.250 e. The summed E-state index contributed by atoms with van der Waals surface area (Å²) in [5.74, 6) is 1.11. The third-order valence-electron chi connectivity index (χ3n) is 7.30. The van der Waals surface area contributed by atoms with Crippen molar-refractivity contribution in [1.82, 2.24) is 4.57 Å². The zero-order chi connectivity index (χ0) is 19.3. The van der Waals surface area contributed by atoms with Crippen LogP contribution in [0.5, 0.6) is 0 Å². The van der Waals surface area contributed by atoms with Gasteiger partial charge in [-0.1, -0.05) is 23.7 Å². The highest BCUT2D eigenvalue weighted by atomic mass is 35.5. The predicted octanol–water partition coefficient (Wildman–Crippen LogP) is 0.848. The molecule has 2 bridgehead atoms. The Bertz CT molecular complexity index is 914. The average molecular weight is 400 g/mol. The van der Waals surface area contributed by atoms with Gasteiger partial charge in [-0.15, -0.1) is 0 Å². The maximum absolute atomic E-state index is 12.7. The van der Waals surface area contributed by atoms with Crippen LogP contribution in [-0.2, 0) is 6.54 Å². The SMILES string of the molecule is C[NH+]1CCC([NH+]2C[C@@H]3C[C@H](C2)c2c(-c4ccc(Cl)cc4)ccc(=O)n2C3)CC1. The molecule has 1 aromatic carbocycles. The number of nitrogens with one attached hydrogen (secondary N) is 2. The van der Waals surface area contributed by atoms with E-state index in [1.807, 2.05) is 18.2 Å². The van der Waals surface area contributed by atoms with Gasteiger partial charge < -0.3 is 14.4 Å². The van der Waals surface area contributed by atoms with Gasteiger partial charge in [0.05, 0.1) is 39.3 Å². The molecule has 4 heterocycles. The second-order valence-corrected chi connectivity index (χ2v) is 9.62. The molecule has 1 unspecified atom stereocenters. The molecule has 2 fully saturated rings. The Morgan fingerprint density at radius 1 is 1.04 bits per heavy atom. The number of nitrogens with zero attached hydrogens (tertiary/aromatic N) is 1. The maximum Gasteiger partial charge on any atom is 0.250 e. The van der Waals surface area contributed by atoms with E-state index in [0.717, 1.165) is 17.6 Å². The summed E-state index contributed by atoms with van der Waals surface area (Å²) in [6, 6.07) is 12.7. The highest BCUT2D eigenvalue weighted by Gasteiger charge is 2.42. The Morgan fingerprint density at radius 2 is 1.79 bits per heavy atom. The number of rotatable bonds is 2. The molecule has 3 atom stereocenters. The molecule has 0 spiro atoms. The number of aromatic nitrogens is 1. The second kappa shape index (κ2) is 7.33. The quantitative estimate of drug-likeness (QED) is 0.770. The van der Waals surface area contributed by atoms with Crippen LogP contribution in [0.15, 0.2) is 41.2 Å². The number of halogens is 1. The van der Waals surface area contributed by atoms with Crippen LogP contribution in [-0.4, -0.2) is 43.8 Å². The van der Waals surface area contributed by atoms with Gasteiger partial charge >= 0.3 is 0 Å². The van der Waals surface area contributed by atoms with E-state index in [4.69, 9.17) is 11.6 Å². The standard InChI is InChI=1S/C23H28ClN3O/c1-25-10-8-20(9-11-25)26-13-16-12-18(15-26)23-21(6-7-22(28)27(23)14-16)17-2-4-19(24)5-3-17/h2-7,16,18,20H,8-15H2,1H3/p+2/t16-,18+/m0/s1. The molecule has 1 aromatic heterocycles. The number of piperidine rings is 2. The van der Waals surface area contributed by atoms with Gasteiger partial charge in [0.2, 0.25) is 0 Å². The van der Waals surface area contributed by atoms with Gasteiger partial charge in [-0.05, 0) is 30.2 Å². The number of fused-ring (bicyclic) bond motifs is 4. The van der Waals surface area contributed by atoms with E-state index in [9.17, 15) is 4.79 Å². The number of hydrogen-bond donors (Lipinski definition) is 2. The molecule has 3 aliphatic heterocycles. The Kier molecular flexibility index (Phi) is 4.82. The van der Waals surface area contributed by atoms with Crippen molar-refractivity contribution in [3.05, 3.63) is 57.5 Å². The predicted molar refractivity (Wildman–Crippen MR) is 112 cm³/mol. The molecule has 0 radical (unpaired) electrons. The number of likely N-dealkylation sites (tertiary alicyclic amines) is 2. The molecule has 0 aliphatic carbocycles. The largest absolute Gasteiger partial charge is 0.337 e. The fourth-order valence-electron chi connectivity index (χ4n) is 5.89. The molecule has 3 aliphatic rings. The molecule has 0 saturated carbocycles. The van der Waals surface area contributed by atoms with Crippen molar-refractivity contribution < 1.29 is 9.80 Å². The summed E-state index contributed by atoms with van der Waals surface area (Å²) in [5, 5.41) is 0.753. The monoisotopic (exact) mass is 399 g/mol. The third-order valence-corrected chi connectivity index (χ3v) is 7.55. The lowest BCUT2D eigenvalue weighted by Gasteiger charge is -2.44. The zero-order valence-electron chi connectivity index (χ0n) is 16.6. The van der Waals surface area contributed by atoms with Crippen LogP contribution < -0.4 is 15.4 Å². The fraction of sp³-hybridized carbons (Fsp3) is 0.522. The first-order valence-electron chi connectivity index (χ1n) is 10.7. The van der Waals surface area contributed by atoms with Gasteiger partial charge in [0.25, 0.3) is 5.56 Å². The van der Waals surface area contributed by atoms with Crippen LogP contribution >= 0.6 is 11.6 Å². The van der Waals surface area contributed by atoms with E-state index >= 15 is 0 Å². The Hall–Kier alpha value is -1.62. The normalized spacial score (nSPS) is 32.0. The molecule has 148 valence electrons. The summed E-state index contributed by atoms with van der Waals surface area (Å²) in [6.07, 6.45) is 3.91. The van der Waals surface area contributed by atoms with Crippen LogP contribution in [0, 0.1) is 5.92 Å². The lowest BCUT2D eigenvalue weighted by atomic mass is 9.79. The van der Waals surface area contributed by atoms with E-state index in [1.54, 1.807) is 15.9 Å². The Morgan fingerprint density at radius 3 is 2.54 bits per heavy atom. The topological polar surface area (TPSA) is 30.9 Å². The second-order valence-electron chi connectivity index (χ2n) is 9.18. The molecule has 5 heteroatoms. The lowest BCUT2D eigenvalue weighted by Crippen LogP contribution is -3.21. The minimum atomic E-state index is 0.161. The molecule has 0 amide bonds. The van der Waals surface area contributed by atoms with Crippen molar-refractivity contribution in [2.24, 2.45) is 5.92 Å². The van der Waals surface area contributed by atoms with Crippen molar-refractivity contribution in [3.63, 3.8) is 0 Å². The molecular formula is C23H30ClN3O+2. The summed E-state index contributed by atoms with van der Waals surface area (Å²) in [7, 11) is 2.32. The molecule has 4 nitrogen and oxygen atoms in total. The number of quaternary nitrogens is 2. The van der Waals surface area contributed by atoms with Crippen LogP contribution in [0.3, 0.4) is 0 Å². The van der Waals surface area contributed by atoms with Crippen molar-refractivity contribution in [1.29, 1.82) is 0 Å². The van der Waals surface area contributed by atoms with Crippen LogP contribution in [0.2, 0.25) is 5.02 Å². The van der Waals surface area contributed by atoms with E-state index in [-0.39, 0.29) is 5.56 Å². The first-order chi connectivity index (χ1) is 13.6. The minimum Gasteiger partial charge on any atom is -0.337 e. The summed E-state index contributed by atoms with van der Waals surface area (Å²) in [4.78, 5) is 16.2. The zero-order valence-corrected chi connectivity index (χ0v) is 17.3. The van der Waals surface area contributed by atoms with Gasteiger partial charge in [0.1, 0.15) is 0 Å². The van der Waals surface area contributed by atoms with E-state index in [2.05, 4.69) is 23.7 Å². The van der Waals surface area contributed by atoms with Gasteiger partial charge in [-0.2, -0.15) is 0 Å². The first kappa shape index (κ1) is 18.4. The first-order valence-corrected chi connectivity index (χ1v) is 11.1. The van der Waals surface area contributed by atoms with Gasteiger partial charge in [0.15, 0.2) is 0 Å². The van der Waals surface area contributed by atoms with Crippen molar-refractivity contribution in [2.75, 3.05) is 33.2 Å². The fourth-order valence-corrected chi connectivity index (χ4v) is 6.02. The summed E-state index contributed by atoms with van der Waals surface area (Å²) < 4.78 is 2.08. The Balaban J connectivity index is 1.50. The summed E-state index contributed by atoms with van der Waals surface area (Å²) in [5.41, 5.74) is 3.81. The molecule has 2 N–H and O–H groups in total. The Labute approximate surface area is 171 Å². The lowest BCUT2D eigenvalue weighted by molar-refractivity contribution is -0.959. The van der Waals surface area contributed by atoms with E-state index < -0.39 is 0 Å². The van der Waals surface area contributed by atoms with Gasteiger partial charge in [-0.3, -0.25) is 4.79 Å². The molecule has 2 aromatic rings. The van der Waals surface area contributed by atoms with Crippen LogP contribution in [0.25, 0.3) is 11.1 Å². The third kappa shape index (κ3) is 3.32. The highest BCUT2D eigenvalue weighted by molar-refractivity contribution is 6.30. The van der Waals surface area contributed by atoms with Gasteiger partial charge in [0, 0.05) is 53.6 Å². The highest BCUT2D eigenvalue weighted by Crippen LogP contribution is 2.37. The van der Waals surface area contributed by atoms with Crippen molar-refractivity contribution in [3.8, 4) is 11.1 Å². The molecular weight excluding hydrogens is 370 g/mol. The summed E-state index contributed by atoms with van der Waals surface area (Å²) in [6.45, 7) is 5.89. The summed E-state index contributed by atoms with van der Waals surface area (Å²) >= 11 is 6.11. The van der Waals surface area contributed by atoms with Crippen LogP contribution in [0.4, 0.5) is 0 Å². The van der Waals surface area contributed by atoms with E-state index in [1.165, 1.54) is 62.3 Å².